The number of esters is 1. The van der Waals surface area contributed by atoms with Crippen LogP contribution in [0.2, 0.25) is 18.1 Å². The summed E-state index contributed by atoms with van der Waals surface area (Å²) >= 11 is 0. The van der Waals surface area contributed by atoms with E-state index in [1.54, 1.807) is 13.0 Å². The van der Waals surface area contributed by atoms with Crippen LogP contribution in [0.3, 0.4) is 0 Å². The number of primary amides is 1. The Morgan fingerprint density at radius 1 is 0.933 bits per heavy atom. The van der Waals surface area contributed by atoms with E-state index in [2.05, 4.69) is 47.0 Å². The molecule has 4 atom stereocenters. The number of hydrogen-bond donors (Lipinski definition) is 1. The lowest BCUT2D eigenvalue weighted by Gasteiger charge is -2.40. The van der Waals surface area contributed by atoms with E-state index >= 15 is 0 Å². The van der Waals surface area contributed by atoms with Gasteiger partial charge in [-0.15, -0.1) is 13.2 Å². The van der Waals surface area contributed by atoms with Gasteiger partial charge >= 0.3 is 12.1 Å². The lowest BCUT2D eigenvalue weighted by molar-refractivity contribution is -0.150. The van der Waals surface area contributed by atoms with Crippen molar-refractivity contribution in [3.8, 4) is 0 Å². The van der Waals surface area contributed by atoms with Gasteiger partial charge in [0.25, 0.3) is 0 Å². The van der Waals surface area contributed by atoms with Crippen molar-refractivity contribution in [1.82, 2.24) is 0 Å². The number of unbranched alkanes of at least 4 members (excludes halogenated alkanes) is 6. The number of nitrogens with two attached hydrogens (primary N) is 1. The Kier molecular flexibility index (Phi) is 21.4. The van der Waals surface area contributed by atoms with Crippen LogP contribution in [0, 0.1) is 5.92 Å². The van der Waals surface area contributed by atoms with E-state index in [0.29, 0.717) is 31.3 Å². The maximum atomic E-state index is 12.7. The summed E-state index contributed by atoms with van der Waals surface area (Å²) in [5.41, 5.74) is 7.04. The van der Waals surface area contributed by atoms with Gasteiger partial charge in [0.05, 0.1) is 0 Å². The first kappa shape index (κ1) is 42.3. The van der Waals surface area contributed by atoms with Gasteiger partial charge < -0.3 is 19.6 Å². The second-order valence-electron chi connectivity index (χ2n) is 13.6. The third-order valence-corrected chi connectivity index (χ3v) is 12.9. The molecular formula is C37H63NO6Si. The zero-order chi connectivity index (χ0) is 34.5. The first-order valence-electron chi connectivity index (χ1n) is 16.6. The second-order valence-corrected chi connectivity index (χ2v) is 18.4. The number of rotatable bonds is 24. The fourth-order valence-corrected chi connectivity index (χ4v) is 5.88. The van der Waals surface area contributed by atoms with E-state index in [1.165, 1.54) is 19.3 Å². The molecule has 0 aromatic rings. The molecule has 0 aromatic carbocycles. The summed E-state index contributed by atoms with van der Waals surface area (Å²) in [4.78, 5) is 35.6. The molecule has 8 heteroatoms. The molecule has 0 aliphatic rings. The molecule has 1 amide bonds. The average molecular weight is 646 g/mol. The van der Waals surface area contributed by atoms with Crippen LogP contribution < -0.4 is 5.73 Å². The SMILES string of the molecule is C=CCCCCCCCCC(=O)O[C@H](C/C(C)=C/C=C/CC[C@H](OC(N)=O)[C@H](C=C)O[Si](C)(C)C(C)(C)C)[C@H](C)/C=C(\C)C=O. The van der Waals surface area contributed by atoms with Crippen molar-refractivity contribution in [1.29, 1.82) is 0 Å². The molecule has 0 bridgehead atoms. The molecule has 0 unspecified atom stereocenters. The van der Waals surface area contributed by atoms with Crippen LogP contribution >= 0.6 is 0 Å². The molecule has 256 valence electrons. The fraction of sp³-hybridized carbons (Fsp3) is 0.649. The molecule has 0 saturated heterocycles. The van der Waals surface area contributed by atoms with Crippen molar-refractivity contribution in [2.45, 2.75) is 149 Å². The van der Waals surface area contributed by atoms with Crippen LogP contribution in [0.15, 0.2) is 60.8 Å². The predicted molar refractivity (Wildman–Crippen MR) is 189 cm³/mol. The first-order chi connectivity index (χ1) is 21.1. The van der Waals surface area contributed by atoms with Crippen molar-refractivity contribution in [3.05, 3.63) is 60.8 Å². The van der Waals surface area contributed by atoms with Crippen molar-refractivity contribution < 1.29 is 28.3 Å². The van der Waals surface area contributed by atoms with Gasteiger partial charge in [-0.1, -0.05) is 95.4 Å². The van der Waals surface area contributed by atoms with Crippen LogP contribution in [0.25, 0.3) is 0 Å². The number of hydrogen-bond acceptors (Lipinski definition) is 6. The van der Waals surface area contributed by atoms with Crippen LogP contribution in [0.1, 0.15) is 112 Å². The standard InChI is InChI=1S/C37H63NO6Si/c1-11-13-14-15-16-17-18-22-25-35(40)42-34(31(5)26-30(4)28-39)27-29(3)23-20-19-21-24-33(43-36(38)41)32(12-2)44-45(9,10)37(6,7)8/h11-12,19-20,23,26,28,31-34H,1-2,13-18,21-22,24-25,27H2,3-10H3,(H2,38,41)/b20-19+,29-23+,30-26+/t31-,32+,33+,34-/m1/s1. The van der Waals surface area contributed by atoms with Crippen molar-refractivity contribution in [2.24, 2.45) is 11.7 Å². The first-order valence-corrected chi connectivity index (χ1v) is 19.5. The van der Waals surface area contributed by atoms with E-state index in [9.17, 15) is 14.4 Å². The maximum absolute atomic E-state index is 12.7. The van der Waals surface area contributed by atoms with Crippen molar-refractivity contribution in [3.63, 3.8) is 0 Å². The van der Waals surface area contributed by atoms with Gasteiger partial charge in [-0.2, -0.15) is 0 Å². The molecule has 0 rings (SSSR count). The summed E-state index contributed by atoms with van der Waals surface area (Å²) in [7, 11) is -2.13. The Morgan fingerprint density at radius 3 is 2.11 bits per heavy atom. The van der Waals surface area contributed by atoms with Crippen molar-refractivity contribution in [2.75, 3.05) is 0 Å². The molecule has 2 N–H and O–H groups in total. The Bertz CT molecular complexity index is 1010. The van der Waals surface area contributed by atoms with E-state index in [0.717, 1.165) is 37.5 Å². The Labute approximate surface area is 275 Å². The summed E-state index contributed by atoms with van der Waals surface area (Å²) < 4.78 is 17.9. The highest BCUT2D eigenvalue weighted by molar-refractivity contribution is 6.74. The van der Waals surface area contributed by atoms with Crippen LogP contribution in [0.4, 0.5) is 4.79 Å². The molecule has 0 spiro atoms. The van der Waals surface area contributed by atoms with Gasteiger partial charge in [-0.05, 0) is 69.7 Å². The predicted octanol–water partition coefficient (Wildman–Crippen LogP) is 9.70. The van der Waals surface area contributed by atoms with Gasteiger partial charge in [0.2, 0.25) is 0 Å². The van der Waals surface area contributed by atoms with E-state index in [-0.39, 0.29) is 23.0 Å². The summed E-state index contributed by atoms with van der Waals surface area (Å²) in [5, 5.41) is -0.00969. The highest BCUT2D eigenvalue weighted by Crippen LogP contribution is 2.38. The number of carbonyl (C=O) groups is 3. The fourth-order valence-electron chi connectivity index (χ4n) is 4.60. The number of amides is 1. The molecule has 0 radical (unpaired) electrons. The van der Waals surface area contributed by atoms with Gasteiger partial charge in [-0.3, -0.25) is 9.59 Å². The lowest BCUT2D eigenvalue weighted by Crippen LogP contribution is -2.47. The van der Waals surface area contributed by atoms with Gasteiger partial charge in [0.15, 0.2) is 8.32 Å². The summed E-state index contributed by atoms with van der Waals surface area (Å²) in [6.07, 6.45) is 19.7. The normalized spacial score (nSPS) is 15.6. The third-order valence-electron chi connectivity index (χ3n) is 8.38. The summed E-state index contributed by atoms with van der Waals surface area (Å²) in [6, 6.07) is 0. The number of aldehydes is 1. The average Bonchev–Trinajstić information content (AvgIpc) is 2.95. The van der Waals surface area contributed by atoms with Crippen molar-refractivity contribution >= 4 is 26.7 Å². The highest BCUT2D eigenvalue weighted by Gasteiger charge is 2.40. The highest BCUT2D eigenvalue weighted by atomic mass is 28.4. The molecule has 0 aliphatic carbocycles. The lowest BCUT2D eigenvalue weighted by atomic mass is 9.95. The quantitative estimate of drug-likeness (QED) is 0.0213. The van der Waals surface area contributed by atoms with Gasteiger partial charge in [0, 0.05) is 18.8 Å². The molecule has 7 nitrogen and oxygen atoms in total. The minimum atomic E-state index is -2.13. The summed E-state index contributed by atoms with van der Waals surface area (Å²) in [6.45, 7) is 24.2. The van der Waals surface area contributed by atoms with Crippen LogP contribution in [-0.4, -0.2) is 45.0 Å². The molecule has 0 aromatic heterocycles. The Morgan fingerprint density at radius 2 is 1.56 bits per heavy atom. The molecule has 0 fully saturated rings. The largest absolute Gasteiger partial charge is 0.461 e. The number of allylic oxidation sites excluding steroid dienone is 5. The van der Waals surface area contributed by atoms with Gasteiger partial charge in [0.1, 0.15) is 24.6 Å². The number of carbonyl (C=O) groups excluding carboxylic acids is 3. The zero-order valence-electron chi connectivity index (χ0n) is 29.6. The monoisotopic (exact) mass is 645 g/mol. The Balaban J connectivity index is 5.26. The van der Waals surface area contributed by atoms with Gasteiger partial charge in [-0.25, -0.2) is 4.79 Å². The second kappa shape index (κ2) is 22.7. The third kappa shape index (κ3) is 19.4. The van der Waals surface area contributed by atoms with E-state index < -0.39 is 26.6 Å². The van der Waals surface area contributed by atoms with E-state index in [4.69, 9.17) is 19.6 Å². The maximum Gasteiger partial charge on any atom is 0.404 e. The molecule has 0 heterocycles. The minimum absolute atomic E-state index is 0.00969. The zero-order valence-corrected chi connectivity index (χ0v) is 30.6. The van der Waals surface area contributed by atoms with E-state index in [1.807, 2.05) is 44.2 Å². The molecule has 0 aliphatic heterocycles. The minimum Gasteiger partial charge on any atom is -0.461 e. The summed E-state index contributed by atoms with van der Waals surface area (Å²) in [5.74, 6) is -0.309. The molecule has 0 saturated carbocycles. The number of ether oxygens (including phenoxy) is 2. The molecular weight excluding hydrogens is 582 g/mol. The smallest absolute Gasteiger partial charge is 0.404 e. The van der Waals surface area contributed by atoms with Crippen LogP contribution in [-0.2, 0) is 23.5 Å². The topological polar surface area (TPSA) is 105 Å². The van der Waals surface area contributed by atoms with Crippen LogP contribution in [0.5, 0.6) is 0 Å². The molecule has 45 heavy (non-hydrogen) atoms. The Hall–Kier alpha value is -2.71.